The Morgan fingerprint density at radius 3 is 2.31 bits per heavy atom. The van der Waals surface area contributed by atoms with Crippen LogP contribution >= 0.6 is 0 Å². The summed E-state index contributed by atoms with van der Waals surface area (Å²) >= 11 is 0. The van der Waals surface area contributed by atoms with Crippen LogP contribution in [0.1, 0.15) is 5.56 Å². The van der Waals surface area contributed by atoms with Crippen LogP contribution in [0.2, 0.25) is 0 Å². The Kier molecular flexibility index (Phi) is 6.02. The first-order valence-electron chi connectivity index (χ1n) is 10.9. The Labute approximate surface area is 186 Å². The van der Waals surface area contributed by atoms with E-state index in [4.69, 9.17) is 29.2 Å². The summed E-state index contributed by atoms with van der Waals surface area (Å²) in [5.41, 5.74) is 3.06. The SMILES string of the molecule is COc1ccc(-c2ccc3c(N4CCOCC4)nc(N4CCOCC4)nc3n2)cc1CO. The number of aliphatic hydroxyl groups excluding tert-OH is 1. The topological polar surface area (TPSA) is 93.1 Å². The summed E-state index contributed by atoms with van der Waals surface area (Å²) in [7, 11) is 1.60. The van der Waals surface area contributed by atoms with Crippen LogP contribution in [-0.2, 0) is 16.1 Å². The molecule has 3 aromatic rings. The van der Waals surface area contributed by atoms with Gasteiger partial charge in [-0.25, -0.2) is 4.98 Å². The lowest BCUT2D eigenvalue weighted by Gasteiger charge is -2.31. The van der Waals surface area contributed by atoms with Gasteiger partial charge in [0.05, 0.1) is 51.2 Å². The highest BCUT2D eigenvalue weighted by molar-refractivity contribution is 5.90. The van der Waals surface area contributed by atoms with Crippen molar-refractivity contribution in [3.05, 3.63) is 35.9 Å². The van der Waals surface area contributed by atoms with Crippen LogP contribution in [-0.4, -0.2) is 79.8 Å². The summed E-state index contributed by atoms with van der Waals surface area (Å²) in [6.07, 6.45) is 0. The van der Waals surface area contributed by atoms with Gasteiger partial charge in [-0.3, -0.25) is 0 Å². The van der Waals surface area contributed by atoms with E-state index in [1.807, 2.05) is 30.3 Å². The molecule has 0 bridgehead atoms. The van der Waals surface area contributed by atoms with Crippen molar-refractivity contribution in [1.29, 1.82) is 0 Å². The molecule has 2 fully saturated rings. The number of nitrogens with zero attached hydrogens (tertiary/aromatic N) is 5. The Hall–Kier alpha value is -3.01. The van der Waals surface area contributed by atoms with Crippen molar-refractivity contribution in [3.8, 4) is 17.0 Å². The maximum Gasteiger partial charge on any atom is 0.229 e. The number of morpholine rings is 2. The number of rotatable bonds is 5. The first-order valence-corrected chi connectivity index (χ1v) is 10.9. The highest BCUT2D eigenvalue weighted by atomic mass is 16.5. The Bertz CT molecular complexity index is 1100. The molecule has 32 heavy (non-hydrogen) atoms. The molecule has 0 spiro atoms. The molecule has 0 amide bonds. The van der Waals surface area contributed by atoms with Crippen LogP contribution in [0.4, 0.5) is 11.8 Å². The molecule has 9 heteroatoms. The number of aliphatic hydroxyl groups is 1. The summed E-state index contributed by atoms with van der Waals surface area (Å²) in [4.78, 5) is 19.1. The molecule has 9 nitrogen and oxygen atoms in total. The minimum absolute atomic E-state index is 0.102. The number of pyridine rings is 1. The number of methoxy groups -OCH3 is 1. The fourth-order valence-corrected chi connectivity index (χ4v) is 4.13. The van der Waals surface area contributed by atoms with Gasteiger partial charge in [-0.05, 0) is 30.3 Å². The van der Waals surface area contributed by atoms with Gasteiger partial charge in [0.1, 0.15) is 11.6 Å². The average molecular weight is 438 g/mol. The number of aromatic nitrogens is 3. The van der Waals surface area contributed by atoms with Gasteiger partial charge in [0.25, 0.3) is 0 Å². The number of anilines is 2. The van der Waals surface area contributed by atoms with Crippen molar-refractivity contribution in [2.24, 2.45) is 0 Å². The lowest BCUT2D eigenvalue weighted by molar-refractivity contribution is 0.121. The zero-order valence-electron chi connectivity index (χ0n) is 18.2. The molecule has 4 heterocycles. The number of fused-ring (bicyclic) bond motifs is 1. The minimum Gasteiger partial charge on any atom is -0.496 e. The first-order chi connectivity index (χ1) is 15.8. The molecule has 0 aliphatic carbocycles. The molecular formula is C23H27N5O4. The van der Waals surface area contributed by atoms with E-state index < -0.39 is 0 Å². The standard InChI is InChI=1S/C23H27N5O4/c1-30-20-5-2-16(14-17(20)15-29)19-4-3-18-21(24-19)25-23(28-8-12-32-13-9-28)26-22(18)27-6-10-31-11-7-27/h2-5,14,29H,6-13,15H2,1H3. The summed E-state index contributed by atoms with van der Waals surface area (Å²) in [6.45, 7) is 5.67. The summed E-state index contributed by atoms with van der Waals surface area (Å²) in [5.74, 6) is 2.23. The summed E-state index contributed by atoms with van der Waals surface area (Å²) in [5, 5.41) is 10.6. The maximum atomic E-state index is 9.70. The Morgan fingerprint density at radius 1 is 0.906 bits per heavy atom. The van der Waals surface area contributed by atoms with E-state index in [1.165, 1.54) is 0 Å². The predicted molar refractivity (Wildman–Crippen MR) is 121 cm³/mol. The first kappa shape index (κ1) is 20.9. The van der Waals surface area contributed by atoms with Crippen LogP contribution in [0, 0.1) is 0 Å². The summed E-state index contributed by atoms with van der Waals surface area (Å²) in [6, 6.07) is 9.71. The maximum absolute atomic E-state index is 9.70. The number of ether oxygens (including phenoxy) is 3. The zero-order chi connectivity index (χ0) is 21.9. The van der Waals surface area contributed by atoms with Crippen molar-refractivity contribution in [2.75, 3.05) is 69.5 Å². The van der Waals surface area contributed by atoms with Crippen molar-refractivity contribution < 1.29 is 19.3 Å². The van der Waals surface area contributed by atoms with E-state index in [2.05, 4.69) is 9.80 Å². The second-order valence-electron chi connectivity index (χ2n) is 7.80. The smallest absolute Gasteiger partial charge is 0.229 e. The summed E-state index contributed by atoms with van der Waals surface area (Å²) < 4.78 is 16.4. The molecule has 2 aliphatic rings. The lowest BCUT2D eigenvalue weighted by atomic mass is 10.1. The molecule has 0 unspecified atom stereocenters. The fourth-order valence-electron chi connectivity index (χ4n) is 4.13. The van der Waals surface area contributed by atoms with Gasteiger partial charge in [-0.2, -0.15) is 9.97 Å². The molecule has 0 atom stereocenters. The molecule has 1 aromatic carbocycles. The van der Waals surface area contributed by atoms with Gasteiger partial charge in [0.2, 0.25) is 5.95 Å². The van der Waals surface area contributed by atoms with Gasteiger partial charge < -0.3 is 29.1 Å². The quantitative estimate of drug-likeness (QED) is 0.642. The van der Waals surface area contributed by atoms with Gasteiger partial charge in [-0.15, -0.1) is 0 Å². The number of hydrogen-bond donors (Lipinski definition) is 1. The molecule has 168 valence electrons. The molecule has 0 radical (unpaired) electrons. The third-order valence-corrected chi connectivity index (χ3v) is 5.88. The Morgan fingerprint density at radius 2 is 1.62 bits per heavy atom. The van der Waals surface area contributed by atoms with Crippen LogP contribution in [0.5, 0.6) is 5.75 Å². The second-order valence-corrected chi connectivity index (χ2v) is 7.80. The van der Waals surface area contributed by atoms with Crippen molar-refractivity contribution in [2.45, 2.75) is 6.61 Å². The molecule has 2 aromatic heterocycles. The number of benzene rings is 1. The third-order valence-electron chi connectivity index (χ3n) is 5.88. The van der Waals surface area contributed by atoms with E-state index in [9.17, 15) is 5.11 Å². The van der Waals surface area contributed by atoms with Crippen LogP contribution in [0.3, 0.4) is 0 Å². The normalized spacial score (nSPS) is 17.1. The highest BCUT2D eigenvalue weighted by Crippen LogP contribution is 2.31. The molecule has 1 N–H and O–H groups in total. The van der Waals surface area contributed by atoms with Gasteiger partial charge in [-0.1, -0.05) is 0 Å². The predicted octanol–water partition coefficient (Wildman–Crippen LogP) is 1.87. The fraction of sp³-hybridized carbons (Fsp3) is 0.435. The van der Waals surface area contributed by atoms with Crippen molar-refractivity contribution >= 4 is 22.8 Å². The Balaban J connectivity index is 1.60. The van der Waals surface area contributed by atoms with Crippen LogP contribution in [0.25, 0.3) is 22.3 Å². The van der Waals surface area contributed by atoms with E-state index >= 15 is 0 Å². The van der Waals surface area contributed by atoms with Gasteiger partial charge >= 0.3 is 0 Å². The molecule has 0 saturated carbocycles. The van der Waals surface area contributed by atoms with E-state index in [-0.39, 0.29) is 6.61 Å². The van der Waals surface area contributed by atoms with Crippen LogP contribution < -0.4 is 14.5 Å². The molecule has 5 rings (SSSR count). The molecular weight excluding hydrogens is 410 g/mol. The van der Waals surface area contributed by atoms with Gasteiger partial charge in [0, 0.05) is 37.3 Å². The zero-order valence-corrected chi connectivity index (χ0v) is 18.2. The third kappa shape index (κ3) is 4.06. The van der Waals surface area contributed by atoms with E-state index in [1.54, 1.807) is 7.11 Å². The van der Waals surface area contributed by atoms with E-state index in [0.717, 1.165) is 54.2 Å². The molecule has 2 aliphatic heterocycles. The molecule has 2 saturated heterocycles. The lowest BCUT2D eigenvalue weighted by Crippen LogP contribution is -2.39. The highest BCUT2D eigenvalue weighted by Gasteiger charge is 2.22. The van der Waals surface area contributed by atoms with Crippen molar-refractivity contribution in [1.82, 2.24) is 15.0 Å². The second kappa shape index (κ2) is 9.23. The van der Waals surface area contributed by atoms with Crippen LogP contribution in [0.15, 0.2) is 30.3 Å². The average Bonchev–Trinajstić information content (AvgIpc) is 2.88. The van der Waals surface area contributed by atoms with E-state index in [0.29, 0.717) is 43.8 Å². The largest absolute Gasteiger partial charge is 0.496 e. The monoisotopic (exact) mass is 437 g/mol. The van der Waals surface area contributed by atoms with Gasteiger partial charge in [0.15, 0.2) is 5.65 Å². The van der Waals surface area contributed by atoms with Crippen molar-refractivity contribution in [3.63, 3.8) is 0 Å². The minimum atomic E-state index is -0.102. The number of hydrogen-bond acceptors (Lipinski definition) is 9.